The van der Waals surface area contributed by atoms with Crippen LogP contribution in [0.1, 0.15) is 20.8 Å². The first-order valence-corrected chi connectivity index (χ1v) is 10.2. The summed E-state index contributed by atoms with van der Waals surface area (Å²) in [5, 5.41) is 3.07. The van der Waals surface area contributed by atoms with E-state index in [0.29, 0.717) is 37.7 Å². The molecule has 8 nitrogen and oxygen atoms in total. The zero-order valence-corrected chi connectivity index (χ0v) is 18.7. The molecule has 1 N–H and O–H groups in total. The number of nitrogens with zero attached hydrogens (tertiary/aromatic N) is 4. The summed E-state index contributed by atoms with van der Waals surface area (Å²) in [4.78, 5) is 32.7. The third-order valence-corrected chi connectivity index (χ3v) is 4.89. The van der Waals surface area contributed by atoms with E-state index in [-0.39, 0.29) is 11.7 Å². The van der Waals surface area contributed by atoms with Crippen LogP contribution in [0.3, 0.4) is 0 Å². The third kappa shape index (κ3) is 5.50. The Kier molecular flexibility index (Phi) is 6.16. The molecule has 0 bridgehead atoms. The predicted octanol–water partition coefficient (Wildman–Crippen LogP) is 3.34. The normalized spacial score (nSPS) is 14.7. The number of carbonyl (C=O) groups excluding carboxylic acids is 1. The first-order chi connectivity index (χ1) is 13.6. The number of ether oxygens (including phenoxy) is 1. The summed E-state index contributed by atoms with van der Waals surface area (Å²) in [7, 11) is 1.70. The summed E-state index contributed by atoms with van der Waals surface area (Å²) in [6.45, 7) is 8.22. The van der Waals surface area contributed by atoms with Gasteiger partial charge in [-0.2, -0.15) is 0 Å². The molecule has 0 spiro atoms. The Morgan fingerprint density at radius 3 is 2.48 bits per heavy atom. The lowest BCUT2D eigenvalue weighted by Gasteiger charge is -2.36. The van der Waals surface area contributed by atoms with Crippen molar-refractivity contribution < 1.29 is 9.53 Å². The van der Waals surface area contributed by atoms with Crippen molar-refractivity contribution in [3.8, 4) is 0 Å². The van der Waals surface area contributed by atoms with Crippen molar-refractivity contribution in [2.24, 2.45) is 7.05 Å². The summed E-state index contributed by atoms with van der Waals surface area (Å²) < 4.78 is 7.75. The number of rotatable bonds is 3. The number of anilines is 3. The van der Waals surface area contributed by atoms with Gasteiger partial charge >= 0.3 is 6.09 Å². The second-order valence-corrected chi connectivity index (χ2v) is 8.88. The number of hydrogen-bond acceptors (Lipinski definition) is 6. The Morgan fingerprint density at radius 2 is 1.90 bits per heavy atom. The smallest absolute Gasteiger partial charge is 0.410 e. The highest BCUT2D eigenvalue weighted by Crippen LogP contribution is 2.20. The molecule has 156 valence electrons. The Morgan fingerprint density at radius 1 is 1.21 bits per heavy atom. The molecule has 0 saturated carbocycles. The van der Waals surface area contributed by atoms with Gasteiger partial charge in [-0.3, -0.25) is 4.79 Å². The first kappa shape index (κ1) is 21.2. The minimum absolute atomic E-state index is 0.127. The fourth-order valence-corrected chi connectivity index (χ4v) is 3.55. The lowest BCUT2D eigenvalue weighted by molar-refractivity contribution is 0.0240. The molecule has 3 rings (SSSR count). The SMILES string of the molecule is Cn1cc(Br)cc(Nc2ccc(N3CCN(C(=O)OC(C)(C)C)CC3)cn2)c1=O. The van der Waals surface area contributed by atoms with Crippen LogP contribution in [0.4, 0.5) is 22.0 Å². The summed E-state index contributed by atoms with van der Waals surface area (Å²) in [5.74, 6) is 0.594. The standard InChI is InChI=1S/C20H26BrN5O3/c1-20(2,3)29-19(28)26-9-7-25(8-10-26)15-5-6-17(22-12-15)23-16-11-14(21)13-24(4)18(16)27/h5-6,11-13H,7-10H2,1-4H3,(H,22,23). The van der Waals surface area contributed by atoms with Crippen LogP contribution in [0.5, 0.6) is 0 Å². The predicted molar refractivity (Wildman–Crippen MR) is 117 cm³/mol. The van der Waals surface area contributed by atoms with Crippen molar-refractivity contribution in [3.05, 3.63) is 45.4 Å². The monoisotopic (exact) mass is 463 g/mol. The van der Waals surface area contributed by atoms with E-state index >= 15 is 0 Å². The summed E-state index contributed by atoms with van der Waals surface area (Å²) in [5.41, 5.74) is 0.808. The topological polar surface area (TPSA) is 79.7 Å². The van der Waals surface area contributed by atoms with E-state index in [0.717, 1.165) is 10.2 Å². The van der Waals surface area contributed by atoms with E-state index in [1.165, 1.54) is 4.57 Å². The maximum Gasteiger partial charge on any atom is 0.410 e. The molecule has 1 aliphatic heterocycles. The molecule has 3 heterocycles. The number of amides is 1. The molecular formula is C20H26BrN5O3. The minimum atomic E-state index is -0.490. The van der Waals surface area contributed by atoms with E-state index in [2.05, 4.69) is 31.1 Å². The molecule has 9 heteroatoms. The van der Waals surface area contributed by atoms with E-state index in [1.54, 1.807) is 30.4 Å². The van der Waals surface area contributed by atoms with Crippen molar-refractivity contribution in [1.29, 1.82) is 0 Å². The molecule has 1 saturated heterocycles. The van der Waals surface area contributed by atoms with Crippen LogP contribution in [-0.2, 0) is 11.8 Å². The van der Waals surface area contributed by atoms with Gasteiger partial charge in [-0.05, 0) is 54.9 Å². The second kappa shape index (κ2) is 8.44. The van der Waals surface area contributed by atoms with Crippen molar-refractivity contribution in [2.75, 3.05) is 36.4 Å². The molecule has 0 aliphatic carbocycles. The van der Waals surface area contributed by atoms with Crippen molar-refractivity contribution in [2.45, 2.75) is 26.4 Å². The van der Waals surface area contributed by atoms with Crippen molar-refractivity contribution >= 4 is 39.2 Å². The van der Waals surface area contributed by atoms with Crippen LogP contribution in [0, 0.1) is 0 Å². The zero-order valence-electron chi connectivity index (χ0n) is 17.1. The van der Waals surface area contributed by atoms with Crippen LogP contribution in [0.15, 0.2) is 39.9 Å². The molecule has 29 heavy (non-hydrogen) atoms. The summed E-state index contributed by atoms with van der Waals surface area (Å²) >= 11 is 3.39. The second-order valence-electron chi connectivity index (χ2n) is 7.97. The van der Waals surface area contributed by atoms with Crippen LogP contribution in [0.2, 0.25) is 0 Å². The summed E-state index contributed by atoms with van der Waals surface area (Å²) in [6.07, 6.45) is 3.21. The highest BCUT2D eigenvalue weighted by atomic mass is 79.9. The van der Waals surface area contributed by atoms with Gasteiger partial charge in [0.1, 0.15) is 17.1 Å². The number of halogens is 1. The number of aryl methyl sites for hydroxylation is 1. The maximum atomic E-state index is 12.2. The van der Waals surface area contributed by atoms with Gasteiger partial charge in [-0.15, -0.1) is 0 Å². The van der Waals surface area contributed by atoms with Gasteiger partial charge in [0, 0.05) is 43.9 Å². The zero-order chi connectivity index (χ0) is 21.2. The van der Waals surface area contributed by atoms with Gasteiger partial charge in [-0.1, -0.05) is 0 Å². The number of nitrogens with one attached hydrogen (secondary N) is 1. The van der Waals surface area contributed by atoms with Gasteiger partial charge in [0.15, 0.2) is 0 Å². The maximum absolute atomic E-state index is 12.2. The van der Waals surface area contributed by atoms with Gasteiger partial charge in [0.2, 0.25) is 0 Å². The molecule has 0 unspecified atom stereocenters. The average molecular weight is 464 g/mol. The van der Waals surface area contributed by atoms with Gasteiger partial charge in [0.25, 0.3) is 5.56 Å². The molecule has 0 radical (unpaired) electrons. The number of piperazine rings is 1. The fraction of sp³-hybridized carbons (Fsp3) is 0.450. The van der Waals surface area contributed by atoms with Crippen LogP contribution >= 0.6 is 15.9 Å². The minimum Gasteiger partial charge on any atom is -0.444 e. The van der Waals surface area contributed by atoms with Crippen molar-refractivity contribution in [1.82, 2.24) is 14.5 Å². The Hall–Kier alpha value is -2.55. The van der Waals surface area contributed by atoms with E-state index in [1.807, 2.05) is 32.9 Å². The van der Waals surface area contributed by atoms with Gasteiger partial charge < -0.3 is 24.4 Å². The lowest BCUT2D eigenvalue weighted by Crippen LogP contribution is -2.50. The molecule has 2 aromatic rings. The van der Waals surface area contributed by atoms with E-state index in [4.69, 9.17) is 4.74 Å². The fourth-order valence-electron chi connectivity index (χ4n) is 3.02. The molecule has 0 aromatic carbocycles. The molecule has 1 amide bonds. The molecule has 0 atom stereocenters. The number of pyridine rings is 2. The average Bonchev–Trinajstić information content (AvgIpc) is 2.65. The highest BCUT2D eigenvalue weighted by molar-refractivity contribution is 9.10. The highest BCUT2D eigenvalue weighted by Gasteiger charge is 2.26. The third-order valence-electron chi connectivity index (χ3n) is 4.46. The molecule has 1 aliphatic rings. The molecular weight excluding hydrogens is 438 g/mol. The van der Waals surface area contributed by atoms with Crippen LogP contribution in [-0.4, -0.2) is 52.3 Å². The Balaban J connectivity index is 1.60. The number of aromatic nitrogens is 2. The number of carbonyl (C=O) groups is 1. The first-order valence-electron chi connectivity index (χ1n) is 9.44. The lowest BCUT2D eigenvalue weighted by atomic mass is 10.2. The van der Waals surface area contributed by atoms with Gasteiger partial charge in [-0.25, -0.2) is 9.78 Å². The quantitative estimate of drug-likeness (QED) is 0.751. The molecule has 2 aromatic heterocycles. The van der Waals surface area contributed by atoms with Crippen molar-refractivity contribution in [3.63, 3.8) is 0 Å². The largest absolute Gasteiger partial charge is 0.444 e. The van der Waals surface area contributed by atoms with E-state index < -0.39 is 5.60 Å². The van der Waals surface area contributed by atoms with Gasteiger partial charge in [0.05, 0.1) is 11.9 Å². The van der Waals surface area contributed by atoms with E-state index in [9.17, 15) is 9.59 Å². The molecule has 1 fully saturated rings. The van der Waals surface area contributed by atoms with Crippen LogP contribution in [0.25, 0.3) is 0 Å². The Bertz CT molecular complexity index is 929. The Labute approximate surface area is 178 Å². The van der Waals surface area contributed by atoms with Crippen LogP contribution < -0.4 is 15.8 Å². The number of hydrogen-bond donors (Lipinski definition) is 1. The summed E-state index contributed by atoms with van der Waals surface area (Å²) in [6, 6.07) is 5.53.